The van der Waals surface area contributed by atoms with E-state index >= 15 is 0 Å². The number of benzene rings is 1. The van der Waals surface area contributed by atoms with E-state index in [1.54, 1.807) is 12.1 Å². The van der Waals surface area contributed by atoms with E-state index in [1.807, 2.05) is 12.1 Å². The van der Waals surface area contributed by atoms with Crippen molar-refractivity contribution >= 4 is 40.9 Å². The van der Waals surface area contributed by atoms with Crippen LogP contribution in [0.2, 0.25) is 10.0 Å². The number of aromatic nitrogens is 1. The van der Waals surface area contributed by atoms with Crippen molar-refractivity contribution in [2.24, 2.45) is 0 Å². The zero-order chi connectivity index (χ0) is 13.1. The normalized spacial score (nSPS) is 10.3. The molecule has 0 atom stereocenters. The van der Waals surface area contributed by atoms with Gasteiger partial charge in [0, 0.05) is 16.1 Å². The number of hydrogen-bond acceptors (Lipinski definition) is 3. The Morgan fingerprint density at radius 2 is 2.06 bits per heavy atom. The molecule has 6 heteroatoms. The zero-order valence-corrected chi connectivity index (χ0v) is 11.3. The van der Waals surface area contributed by atoms with Gasteiger partial charge >= 0.3 is 5.97 Å². The highest BCUT2D eigenvalue weighted by Crippen LogP contribution is 2.29. The summed E-state index contributed by atoms with van der Waals surface area (Å²) < 4.78 is 0. The summed E-state index contributed by atoms with van der Waals surface area (Å²) >= 11 is 12.9. The highest BCUT2D eigenvalue weighted by Gasteiger charge is 2.11. The Morgan fingerprint density at radius 3 is 2.72 bits per heavy atom. The van der Waals surface area contributed by atoms with E-state index in [1.165, 1.54) is 24.0 Å². The van der Waals surface area contributed by atoms with Crippen LogP contribution in [-0.4, -0.2) is 16.1 Å². The smallest absolute Gasteiger partial charge is 0.337 e. The molecule has 1 aromatic carbocycles. The van der Waals surface area contributed by atoms with Gasteiger partial charge in [-0.2, -0.15) is 0 Å². The van der Waals surface area contributed by atoms with Crippen molar-refractivity contribution < 1.29 is 9.90 Å². The summed E-state index contributed by atoms with van der Waals surface area (Å²) in [5, 5.41) is 10.3. The van der Waals surface area contributed by atoms with Crippen LogP contribution in [-0.2, 0) is 0 Å². The van der Waals surface area contributed by atoms with Crippen molar-refractivity contribution in [2.75, 3.05) is 0 Å². The summed E-state index contributed by atoms with van der Waals surface area (Å²) in [5.41, 5.74) is 0.0381. The quantitative estimate of drug-likeness (QED) is 0.921. The van der Waals surface area contributed by atoms with Crippen molar-refractivity contribution in [1.82, 2.24) is 4.98 Å². The third-order valence-electron chi connectivity index (χ3n) is 2.08. The Labute approximate surface area is 118 Å². The molecule has 0 aliphatic carbocycles. The number of hydrogen-bond donors (Lipinski definition) is 1. The molecule has 0 saturated carbocycles. The minimum atomic E-state index is -1.07. The molecule has 3 nitrogen and oxygen atoms in total. The molecule has 2 aromatic rings. The molecule has 0 spiro atoms. The maximum Gasteiger partial charge on any atom is 0.337 e. The average molecular weight is 300 g/mol. The van der Waals surface area contributed by atoms with Crippen molar-refractivity contribution in [3.8, 4) is 0 Å². The molecule has 0 fully saturated rings. The summed E-state index contributed by atoms with van der Waals surface area (Å²) in [6, 6.07) is 8.68. The topological polar surface area (TPSA) is 50.2 Å². The van der Waals surface area contributed by atoms with Crippen molar-refractivity contribution in [2.45, 2.75) is 9.92 Å². The predicted octanol–water partition coefficient (Wildman–Crippen LogP) is 4.24. The highest BCUT2D eigenvalue weighted by atomic mass is 35.5. The average Bonchev–Trinajstić information content (AvgIpc) is 2.31. The molecule has 0 radical (unpaired) electrons. The van der Waals surface area contributed by atoms with E-state index in [9.17, 15) is 4.79 Å². The molecule has 0 amide bonds. The van der Waals surface area contributed by atoms with Crippen LogP contribution in [0.1, 0.15) is 10.4 Å². The molecule has 1 N–H and O–H groups in total. The Hall–Kier alpha value is -1.23. The number of nitrogens with zero attached hydrogens (tertiary/aromatic N) is 1. The van der Waals surface area contributed by atoms with Crippen molar-refractivity contribution in [3.05, 3.63) is 52.1 Å². The van der Waals surface area contributed by atoms with Crippen molar-refractivity contribution in [3.63, 3.8) is 0 Å². The summed E-state index contributed by atoms with van der Waals surface area (Å²) in [6.07, 6.45) is 1.33. The van der Waals surface area contributed by atoms with E-state index < -0.39 is 5.97 Å². The predicted molar refractivity (Wildman–Crippen MR) is 71.8 cm³/mol. The number of aromatic carboxylic acids is 1. The largest absolute Gasteiger partial charge is 0.478 e. The van der Waals surface area contributed by atoms with Gasteiger partial charge in [0.05, 0.1) is 10.6 Å². The van der Waals surface area contributed by atoms with E-state index in [0.29, 0.717) is 10.0 Å². The molecular formula is C12H7Cl2NO2S. The van der Waals surface area contributed by atoms with Crippen LogP contribution in [0.5, 0.6) is 0 Å². The third-order valence-corrected chi connectivity index (χ3v) is 3.54. The second kappa shape index (κ2) is 5.61. The lowest BCUT2D eigenvalue weighted by Gasteiger charge is -2.03. The molecule has 2 rings (SSSR count). The molecule has 1 heterocycles. The fourth-order valence-electron chi connectivity index (χ4n) is 1.29. The van der Waals surface area contributed by atoms with Crippen LogP contribution in [0.15, 0.2) is 46.5 Å². The lowest BCUT2D eigenvalue weighted by Crippen LogP contribution is -1.98. The lowest BCUT2D eigenvalue weighted by molar-refractivity contribution is 0.0696. The standard InChI is InChI=1S/C12H7Cl2NO2S/c13-7-2-1-3-8(4-7)18-11-5-9(12(16)17)10(14)6-15-11/h1-6H,(H,16,17). The first kappa shape index (κ1) is 13.2. The minimum Gasteiger partial charge on any atom is -0.478 e. The van der Waals surface area contributed by atoms with Crippen LogP contribution in [0, 0.1) is 0 Å². The second-order valence-corrected chi connectivity index (χ2v) is 5.30. The van der Waals surface area contributed by atoms with Gasteiger partial charge in [0.25, 0.3) is 0 Å². The van der Waals surface area contributed by atoms with E-state index in [0.717, 1.165) is 4.90 Å². The van der Waals surface area contributed by atoms with Gasteiger partial charge in [-0.1, -0.05) is 41.0 Å². The van der Waals surface area contributed by atoms with E-state index in [-0.39, 0.29) is 10.6 Å². The van der Waals surface area contributed by atoms with E-state index in [2.05, 4.69) is 4.98 Å². The summed E-state index contributed by atoms with van der Waals surface area (Å²) in [5.74, 6) is -1.07. The molecule has 18 heavy (non-hydrogen) atoms. The number of carbonyl (C=O) groups is 1. The van der Waals surface area contributed by atoms with Gasteiger partial charge < -0.3 is 5.11 Å². The zero-order valence-electron chi connectivity index (χ0n) is 8.93. The molecule has 0 bridgehead atoms. The van der Waals surface area contributed by atoms with Gasteiger partial charge in [-0.15, -0.1) is 0 Å². The van der Waals surface area contributed by atoms with Gasteiger partial charge in [-0.25, -0.2) is 9.78 Å². The fraction of sp³-hybridized carbons (Fsp3) is 0. The molecule has 0 unspecified atom stereocenters. The number of pyridine rings is 1. The lowest BCUT2D eigenvalue weighted by atomic mass is 10.3. The molecule has 1 aromatic heterocycles. The Balaban J connectivity index is 2.30. The maximum absolute atomic E-state index is 10.9. The fourth-order valence-corrected chi connectivity index (χ4v) is 2.59. The van der Waals surface area contributed by atoms with Gasteiger partial charge in [-0.05, 0) is 24.3 Å². The van der Waals surface area contributed by atoms with Crippen LogP contribution >= 0.6 is 35.0 Å². The molecule has 0 saturated heterocycles. The maximum atomic E-state index is 10.9. The van der Waals surface area contributed by atoms with Gasteiger partial charge in [0.2, 0.25) is 0 Å². The summed E-state index contributed by atoms with van der Waals surface area (Å²) in [7, 11) is 0. The molecule has 0 aliphatic rings. The van der Waals surface area contributed by atoms with Gasteiger partial charge in [0.15, 0.2) is 0 Å². The summed E-state index contributed by atoms with van der Waals surface area (Å²) in [6.45, 7) is 0. The van der Waals surface area contributed by atoms with Gasteiger partial charge in [-0.3, -0.25) is 0 Å². The minimum absolute atomic E-state index is 0.0381. The van der Waals surface area contributed by atoms with Crippen LogP contribution in [0.25, 0.3) is 0 Å². The molecule has 0 aliphatic heterocycles. The molecule has 92 valence electrons. The summed E-state index contributed by atoms with van der Waals surface area (Å²) in [4.78, 5) is 15.9. The Morgan fingerprint density at radius 1 is 1.28 bits per heavy atom. The first-order chi connectivity index (χ1) is 8.56. The number of carboxylic acids is 1. The monoisotopic (exact) mass is 299 g/mol. The third kappa shape index (κ3) is 3.16. The van der Waals surface area contributed by atoms with Crippen LogP contribution < -0.4 is 0 Å². The number of halogens is 2. The first-order valence-electron chi connectivity index (χ1n) is 4.88. The van der Waals surface area contributed by atoms with Crippen molar-refractivity contribution in [1.29, 1.82) is 0 Å². The van der Waals surface area contributed by atoms with Crippen LogP contribution in [0.3, 0.4) is 0 Å². The van der Waals surface area contributed by atoms with Gasteiger partial charge in [0.1, 0.15) is 5.03 Å². The second-order valence-electron chi connectivity index (χ2n) is 3.37. The number of rotatable bonds is 3. The SMILES string of the molecule is O=C(O)c1cc(Sc2cccc(Cl)c2)ncc1Cl. The highest BCUT2D eigenvalue weighted by molar-refractivity contribution is 7.99. The first-order valence-corrected chi connectivity index (χ1v) is 6.46. The Bertz CT molecular complexity index is 604. The molecular weight excluding hydrogens is 293 g/mol. The Kier molecular flexibility index (Phi) is 4.11. The van der Waals surface area contributed by atoms with E-state index in [4.69, 9.17) is 28.3 Å². The number of carboxylic acid groups (broad SMARTS) is 1. The van der Waals surface area contributed by atoms with Crippen LogP contribution in [0.4, 0.5) is 0 Å².